The van der Waals surface area contributed by atoms with Crippen molar-refractivity contribution in [2.24, 2.45) is 17.8 Å². The molecule has 128 valence electrons. The Morgan fingerprint density at radius 2 is 1.33 bits per heavy atom. The fourth-order valence-electron chi connectivity index (χ4n) is 4.13. The third-order valence-corrected chi connectivity index (χ3v) is 5.29. The van der Waals surface area contributed by atoms with Crippen molar-refractivity contribution in [2.45, 2.75) is 52.4 Å². The minimum absolute atomic E-state index is 0.202. The van der Waals surface area contributed by atoms with E-state index in [-0.39, 0.29) is 11.8 Å². The summed E-state index contributed by atoms with van der Waals surface area (Å²) < 4.78 is 0. The lowest BCUT2D eigenvalue weighted by Gasteiger charge is -2.07. The average Bonchev–Trinajstić information content (AvgIpc) is 3.18. The summed E-state index contributed by atoms with van der Waals surface area (Å²) in [5.74, 6) is 1.55. The van der Waals surface area contributed by atoms with Crippen LogP contribution in [0, 0.1) is 31.6 Å². The number of rotatable bonds is 2. The van der Waals surface area contributed by atoms with Crippen LogP contribution in [0.25, 0.3) is 0 Å². The van der Waals surface area contributed by atoms with Crippen LogP contribution in [0.4, 0.5) is 5.69 Å². The van der Waals surface area contributed by atoms with E-state index in [0.717, 1.165) is 44.2 Å². The predicted octanol–water partition coefficient (Wildman–Crippen LogP) is 5.57. The molecule has 0 radical (unpaired) electrons. The fraction of sp³-hybridized carbons (Fsp3) is 0.500. The highest BCUT2D eigenvalue weighted by Gasteiger charge is 2.52. The number of allylic oxidation sites excluding steroid dienone is 4. The Bertz CT molecular complexity index is 599. The van der Waals surface area contributed by atoms with E-state index in [1.807, 2.05) is 0 Å². The van der Waals surface area contributed by atoms with Crippen molar-refractivity contribution < 1.29 is 4.79 Å². The van der Waals surface area contributed by atoms with Crippen LogP contribution in [0.1, 0.15) is 49.7 Å². The van der Waals surface area contributed by atoms with E-state index in [1.54, 1.807) is 0 Å². The third-order valence-electron chi connectivity index (χ3n) is 5.29. The molecule has 0 heterocycles. The lowest BCUT2D eigenvalue weighted by atomic mass is 10.1. The largest absolute Gasteiger partial charge is 0.326 e. The SMILES string of the molecule is Cc1cc(C)cc(NC(=O)C2[C@H]3CC/C=C\CC/C=C/CC[C@H]23)c1. The number of anilines is 1. The zero-order valence-corrected chi connectivity index (χ0v) is 14.9. The maximum Gasteiger partial charge on any atom is 0.228 e. The van der Waals surface area contributed by atoms with E-state index in [2.05, 4.69) is 61.7 Å². The summed E-state index contributed by atoms with van der Waals surface area (Å²) in [6, 6.07) is 6.26. The standard InChI is InChI=1S/C22H29NO/c1-16-13-17(2)15-18(14-16)23-22(24)21-19-11-9-7-5-3-4-6-8-10-12-20(19)21/h5-8,13-15,19-21H,3-4,9-12H2,1-2H3,(H,23,24)/b7-5-,8-6+/t19-,20-,21?/m0/s1. The van der Waals surface area contributed by atoms with Gasteiger partial charge in [0.1, 0.15) is 0 Å². The summed E-state index contributed by atoms with van der Waals surface area (Å²) in [4.78, 5) is 12.7. The molecule has 1 N–H and O–H groups in total. The van der Waals surface area contributed by atoms with Crippen molar-refractivity contribution in [1.29, 1.82) is 0 Å². The lowest BCUT2D eigenvalue weighted by Crippen LogP contribution is -2.16. The van der Waals surface area contributed by atoms with Gasteiger partial charge in [-0.15, -0.1) is 0 Å². The van der Waals surface area contributed by atoms with Crippen LogP contribution >= 0.6 is 0 Å². The molecule has 0 bridgehead atoms. The van der Waals surface area contributed by atoms with E-state index in [0.29, 0.717) is 11.8 Å². The monoisotopic (exact) mass is 323 g/mol. The molecule has 3 atom stereocenters. The summed E-state index contributed by atoms with van der Waals surface area (Å²) >= 11 is 0. The number of carbonyl (C=O) groups is 1. The quantitative estimate of drug-likeness (QED) is 0.708. The summed E-state index contributed by atoms with van der Waals surface area (Å²) in [5, 5.41) is 3.16. The van der Waals surface area contributed by atoms with Gasteiger partial charge in [-0.3, -0.25) is 4.79 Å². The highest BCUT2D eigenvalue weighted by atomic mass is 16.2. The van der Waals surface area contributed by atoms with Gasteiger partial charge < -0.3 is 5.32 Å². The maximum atomic E-state index is 12.7. The molecule has 2 nitrogen and oxygen atoms in total. The van der Waals surface area contributed by atoms with Gasteiger partial charge in [-0.1, -0.05) is 30.4 Å². The Morgan fingerprint density at radius 3 is 1.88 bits per heavy atom. The molecule has 1 fully saturated rings. The number of carbonyl (C=O) groups excluding carboxylic acids is 1. The molecule has 1 unspecified atom stereocenters. The van der Waals surface area contributed by atoms with Gasteiger partial charge in [0, 0.05) is 11.6 Å². The number of fused-ring (bicyclic) bond motifs is 1. The zero-order valence-electron chi connectivity index (χ0n) is 14.9. The second-order valence-corrected chi connectivity index (χ2v) is 7.39. The molecule has 1 aromatic carbocycles. The van der Waals surface area contributed by atoms with Crippen LogP contribution in [0.3, 0.4) is 0 Å². The van der Waals surface area contributed by atoms with Gasteiger partial charge in [-0.2, -0.15) is 0 Å². The highest BCUT2D eigenvalue weighted by molar-refractivity contribution is 5.95. The summed E-state index contributed by atoms with van der Waals surface area (Å²) in [7, 11) is 0. The first-order valence-electron chi connectivity index (χ1n) is 9.34. The number of benzene rings is 1. The molecule has 0 aliphatic heterocycles. The Balaban J connectivity index is 1.64. The molecule has 24 heavy (non-hydrogen) atoms. The molecule has 2 aliphatic rings. The van der Waals surface area contributed by atoms with E-state index in [1.165, 1.54) is 11.1 Å². The van der Waals surface area contributed by atoms with E-state index in [9.17, 15) is 4.79 Å². The molecule has 0 aromatic heterocycles. The maximum absolute atomic E-state index is 12.7. The van der Waals surface area contributed by atoms with Gasteiger partial charge in [0.25, 0.3) is 0 Å². The minimum atomic E-state index is 0.202. The topological polar surface area (TPSA) is 29.1 Å². The van der Waals surface area contributed by atoms with Crippen LogP contribution in [0.2, 0.25) is 0 Å². The number of hydrogen-bond acceptors (Lipinski definition) is 1. The van der Waals surface area contributed by atoms with Crippen molar-refractivity contribution in [3.8, 4) is 0 Å². The molecule has 3 rings (SSSR count). The van der Waals surface area contributed by atoms with Crippen molar-refractivity contribution in [3.05, 3.63) is 53.6 Å². The van der Waals surface area contributed by atoms with Gasteiger partial charge in [0.15, 0.2) is 0 Å². The molecule has 0 spiro atoms. The third kappa shape index (κ3) is 4.37. The molecule has 1 amide bonds. The molecule has 1 saturated carbocycles. The van der Waals surface area contributed by atoms with Gasteiger partial charge in [0.2, 0.25) is 5.91 Å². The van der Waals surface area contributed by atoms with Crippen molar-refractivity contribution in [2.75, 3.05) is 5.32 Å². The molecule has 0 saturated heterocycles. The van der Waals surface area contributed by atoms with Crippen molar-refractivity contribution in [1.82, 2.24) is 0 Å². The smallest absolute Gasteiger partial charge is 0.228 e. The zero-order chi connectivity index (χ0) is 16.9. The first kappa shape index (κ1) is 17.0. The normalized spacial score (nSPS) is 29.5. The molecule has 2 aliphatic carbocycles. The first-order chi connectivity index (χ1) is 11.6. The van der Waals surface area contributed by atoms with Crippen LogP contribution in [-0.2, 0) is 4.79 Å². The second-order valence-electron chi connectivity index (χ2n) is 7.39. The summed E-state index contributed by atoms with van der Waals surface area (Å²) in [6.07, 6.45) is 16.0. The Kier molecular flexibility index (Phi) is 5.55. The van der Waals surface area contributed by atoms with Crippen LogP contribution < -0.4 is 5.32 Å². The first-order valence-corrected chi connectivity index (χ1v) is 9.34. The minimum Gasteiger partial charge on any atom is -0.326 e. The Labute approximate surface area is 146 Å². The molecular formula is C22H29NO. The van der Waals surface area contributed by atoms with Gasteiger partial charge >= 0.3 is 0 Å². The number of hydrogen-bond donors (Lipinski definition) is 1. The number of amides is 1. The Hall–Kier alpha value is -1.83. The van der Waals surface area contributed by atoms with Crippen LogP contribution in [0.5, 0.6) is 0 Å². The van der Waals surface area contributed by atoms with Crippen LogP contribution in [-0.4, -0.2) is 5.91 Å². The van der Waals surface area contributed by atoms with E-state index in [4.69, 9.17) is 0 Å². The van der Waals surface area contributed by atoms with Crippen molar-refractivity contribution in [3.63, 3.8) is 0 Å². The predicted molar refractivity (Wildman–Crippen MR) is 101 cm³/mol. The average molecular weight is 323 g/mol. The number of aryl methyl sites for hydroxylation is 2. The molecule has 2 heteroatoms. The van der Waals surface area contributed by atoms with Crippen molar-refractivity contribution >= 4 is 11.6 Å². The van der Waals surface area contributed by atoms with E-state index < -0.39 is 0 Å². The van der Waals surface area contributed by atoms with Gasteiger partial charge in [0.05, 0.1) is 0 Å². The highest BCUT2D eigenvalue weighted by Crippen LogP contribution is 2.52. The van der Waals surface area contributed by atoms with Gasteiger partial charge in [-0.05, 0) is 87.5 Å². The summed E-state index contributed by atoms with van der Waals surface area (Å²) in [6.45, 7) is 4.15. The number of nitrogens with one attached hydrogen (secondary N) is 1. The second kappa shape index (κ2) is 7.83. The fourth-order valence-corrected chi connectivity index (χ4v) is 4.13. The molecule has 1 aromatic rings. The Morgan fingerprint density at radius 1 is 0.833 bits per heavy atom. The summed E-state index contributed by atoms with van der Waals surface area (Å²) in [5.41, 5.74) is 3.34. The van der Waals surface area contributed by atoms with Crippen LogP contribution in [0.15, 0.2) is 42.5 Å². The van der Waals surface area contributed by atoms with Gasteiger partial charge in [-0.25, -0.2) is 0 Å². The molecular weight excluding hydrogens is 294 g/mol. The lowest BCUT2D eigenvalue weighted by molar-refractivity contribution is -0.117. The van der Waals surface area contributed by atoms with E-state index >= 15 is 0 Å².